The largest absolute Gasteiger partial charge is 0.506 e. The van der Waals surface area contributed by atoms with Gasteiger partial charge in [-0.15, -0.1) is 0 Å². The van der Waals surface area contributed by atoms with E-state index in [-0.39, 0.29) is 23.9 Å². The number of carboxylic acids is 1. The molecule has 0 amide bonds. The molecule has 0 radical (unpaired) electrons. The monoisotopic (exact) mass is 249 g/mol. The Hall–Kier alpha value is -0.970. The van der Waals surface area contributed by atoms with Crippen molar-refractivity contribution in [3.8, 4) is 5.75 Å². The maximum absolute atomic E-state index is 10.2. The van der Waals surface area contributed by atoms with Gasteiger partial charge in [0, 0.05) is 17.1 Å². The fourth-order valence-corrected chi connectivity index (χ4v) is 1.59. The highest BCUT2D eigenvalue weighted by molar-refractivity contribution is 6.35. The third-order valence-corrected chi connectivity index (χ3v) is 2.21. The molecule has 0 heterocycles. The lowest BCUT2D eigenvalue weighted by atomic mass is 10.2. The van der Waals surface area contributed by atoms with E-state index in [1.807, 2.05) is 0 Å². The number of hydrogen-bond acceptors (Lipinski definition) is 3. The van der Waals surface area contributed by atoms with Gasteiger partial charge in [0.1, 0.15) is 5.75 Å². The molecule has 82 valence electrons. The number of phenolic OH excluding ortho intramolecular Hbond substituents is 1. The Labute approximate surface area is 96.4 Å². The molecular formula is C9H9Cl2NO3. The predicted octanol–water partition coefficient (Wildman–Crippen LogP) is 1.87. The molecule has 3 N–H and O–H groups in total. The topological polar surface area (TPSA) is 69.6 Å². The lowest BCUT2D eigenvalue weighted by Crippen LogP contribution is -2.21. The molecule has 1 aromatic rings. The molecule has 4 nitrogen and oxygen atoms in total. The van der Waals surface area contributed by atoms with Crippen molar-refractivity contribution >= 4 is 29.2 Å². The number of benzene rings is 1. The van der Waals surface area contributed by atoms with Crippen LogP contribution in [-0.2, 0) is 11.3 Å². The molecule has 0 aromatic heterocycles. The quantitative estimate of drug-likeness (QED) is 0.762. The van der Waals surface area contributed by atoms with Gasteiger partial charge in [-0.05, 0) is 12.1 Å². The van der Waals surface area contributed by atoms with Crippen molar-refractivity contribution < 1.29 is 15.0 Å². The van der Waals surface area contributed by atoms with Crippen molar-refractivity contribution in [3.63, 3.8) is 0 Å². The number of hydrogen-bond donors (Lipinski definition) is 3. The first-order chi connectivity index (χ1) is 7.00. The van der Waals surface area contributed by atoms with Crippen molar-refractivity contribution in [3.05, 3.63) is 27.7 Å². The number of halogens is 2. The second-order valence-corrected chi connectivity index (χ2v) is 3.74. The van der Waals surface area contributed by atoms with Crippen molar-refractivity contribution in [2.24, 2.45) is 0 Å². The predicted molar refractivity (Wildman–Crippen MR) is 57.5 cm³/mol. The first-order valence-electron chi connectivity index (χ1n) is 4.10. The van der Waals surface area contributed by atoms with E-state index >= 15 is 0 Å². The zero-order chi connectivity index (χ0) is 11.4. The molecule has 0 aliphatic rings. The molecule has 0 saturated heterocycles. The molecular weight excluding hydrogens is 241 g/mol. The highest BCUT2D eigenvalue weighted by Crippen LogP contribution is 2.30. The van der Waals surface area contributed by atoms with Gasteiger partial charge in [-0.3, -0.25) is 4.79 Å². The van der Waals surface area contributed by atoms with Crippen LogP contribution in [0.25, 0.3) is 0 Å². The Morgan fingerprint density at radius 1 is 1.40 bits per heavy atom. The number of aliphatic carboxylic acids is 1. The van der Waals surface area contributed by atoms with Gasteiger partial charge in [0.25, 0.3) is 0 Å². The van der Waals surface area contributed by atoms with Gasteiger partial charge in [-0.25, -0.2) is 0 Å². The van der Waals surface area contributed by atoms with Gasteiger partial charge in [0.05, 0.1) is 11.6 Å². The zero-order valence-corrected chi connectivity index (χ0v) is 9.14. The SMILES string of the molecule is O=C(O)CNCc1cc(Cl)cc(Cl)c1O. The van der Waals surface area contributed by atoms with Gasteiger partial charge in [-0.1, -0.05) is 23.2 Å². The molecule has 0 fully saturated rings. The number of carboxylic acid groups (broad SMARTS) is 1. The summed E-state index contributed by atoms with van der Waals surface area (Å²) in [5, 5.41) is 21.1. The van der Waals surface area contributed by atoms with Crippen LogP contribution in [0.15, 0.2) is 12.1 Å². The number of rotatable bonds is 4. The lowest BCUT2D eigenvalue weighted by molar-refractivity contribution is -0.136. The molecule has 0 bridgehead atoms. The summed E-state index contributed by atoms with van der Waals surface area (Å²) in [7, 11) is 0. The van der Waals surface area contributed by atoms with Crippen LogP contribution in [0.1, 0.15) is 5.56 Å². The fourth-order valence-electron chi connectivity index (χ4n) is 1.06. The summed E-state index contributed by atoms with van der Waals surface area (Å²) in [6.45, 7) is 0.00197. The molecule has 15 heavy (non-hydrogen) atoms. The third-order valence-electron chi connectivity index (χ3n) is 1.70. The minimum absolute atomic E-state index is 0.0843. The number of nitrogens with one attached hydrogen (secondary N) is 1. The Kier molecular flexibility index (Phi) is 4.20. The van der Waals surface area contributed by atoms with Gasteiger partial charge < -0.3 is 15.5 Å². The van der Waals surface area contributed by atoms with Gasteiger partial charge >= 0.3 is 5.97 Å². The van der Waals surface area contributed by atoms with Crippen LogP contribution in [-0.4, -0.2) is 22.7 Å². The second kappa shape index (κ2) is 5.21. The number of aromatic hydroxyl groups is 1. The van der Waals surface area contributed by atoms with Crippen molar-refractivity contribution in [2.45, 2.75) is 6.54 Å². The van der Waals surface area contributed by atoms with Crippen LogP contribution >= 0.6 is 23.2 Å². The Morgan fingerprint density at radius 2 is 2.07 bits per heavy atom. The summed E-state index contributed by atoms with van der Waals surface area (Å²) in [6.07, 6.45) is 0. The summed E-state index contributed by atoms with van der Waals surface area (Å²) in [5.41, 5.74) is 0.466. The smallest absolute Gasteiger partial charge is 0.317 e. The molecule has 1 aromatic carbocycles. The van der Waals surface area contributed by atoms with Crippen LogP contribution in [0, 0.1) is 0 Å². The molecule has 0 aliphatic heterocycles. The van der Waals surface area contributed by atoms with Gasteiger partial charge in [0.2, 0.25) is 0 Å². The first-order valence-corrected chi connectivity index (χ1v) is 4.85. The van der Waals surface area contributed by atoms with Crippen LogP contribution in [0.3, 0.4) is 0 Å². The maximum Gasteiger partial charge on any atom is 0.317 e. The average molecular weight is 250 g/mol. The summed E-state index contributed by atoms with van der Waals surface area (Å²) >= 11 is 11.4. The van der Waals surface area contributed by atoms with Crippen molar-refractivity contribution in [1.29, 1.82) is 0 Å². The van der Waals surface area contributed by atoms with E-state index in [2.05, 4.69) is 5.32 Å². The van der Waals surface area contributed by atoms with Gasteiger partial charge in [0.15, 0.2) is 0 Å². The molecule has 0 spiro atoms. The van der Waals surface area contributed by atoms with E-state index < -0.39 is 5.97 Å². The highest BCUT2D eigenvalue weighted by atomic mass is 35.5. The minimum Gasteiger partial charge on any atom is -0.506 e. The van der Waals surface area contributed by atoms with Crippen LogP contribution < -0.4 is 5.32 Å². The molecule has 0 aliphatic carbocycles. The van der Waals surface area contributed by atoms with E-state index in [9.17, 15) is 9.90 Å². The van der Waals surface area contributed by atoms with Crippen LogP contribution in [0.5, 0.6) is 5.75 Å². The van der Waals surface area contributed by atoms with Crippen LogP contribution in [0.2, 0.25) is 10.0 Å². The number of carbonyl (C=O) groups is 1. The van der Waals surface area contributed by atoms with Crippen LogP contribution in [0.4, 0.5) is 0 Å². The van der Waals surface area contributed by atoms with E-state index in [0.29, 0.717) is 10.6 Å². The van der Waals surface area contributed by atoms with Gasteiger partial charge in [-0.2, -0.15) is 0 Å². The second-order valence-electron chi connectivity index (χ2n) is 2.89. The molecule has 1 rings (SSSR count). The molecule has 6 heteroatoms. The maximum atomic E-state index is 10.2. The van der Waals surface area contributed by atoms with Crippen molar-refractivity contribution in [2.75, 3.05) is 6.54 Å². The van der Waals surface area contributed by atoms with E-state index in [1.165, 1.54) is 12.1 Å². The lowest BCUT2D eigenvalue weighted by Gasteiger charge is -2.07. The molecule has 0 atom stereocenters. The van der Waals surface area contributed by atoms with E-state index in [4.69, 9.17) is 28.3 Å². The average Bonchev–Trinajstić information content (AvgIpc) is 2.12. The summed E-state index contributed by atoms with van der Waals surface area (Å²) in [5.74, 6) is -1.05. The number of phenols is 1. The zero-order valence-electron chi connectivity index (χ0n) is 7.63. The third kappa shape index (κ3) is 3.58. The highest BCUT2D eigenvalue weighted by Gasteiger charge is 2.07. The fraction of sp³-hybridized carbons (Fsp3) is 0.222. The summed E-state index contributed by atoms with van der Waals surface area (Å²) < 4.78 is 0. The Balaban J connectivity index is 2.72. The summed E-state index contributed by atoms with van der Waals surface area (Å²) in [6, 6.07) is 2.94. The van der Waals surface area contributed by atoms with E-state index in [1.54, 1.807) is 0 Å². The minimum atomic E-state index is -0.970. The first kappa shape index (κ1) is 12.1. The normalized spacial score (nSPS) is 10.3. The molecule has 0 saturated carbocycles. The van der Waals surface area contributed by atoms with Crippen molar-refractivity contribution in [1.82, 2.24) is 5.32 Å². The Morgan fingerprint density at radius 3 is 2.67 bits per heavy atom. The Bertz CT molecular complexity index is 382. The van der Waals surface area contributed by atoms with E-state index in [0.717, 1.165) is 0 Å². The molecule has 0 unspecified atom stereocenters. The summed E-state index contributed by atoms with van der Waals surface area (Å²) in [4.78, 5) is 10.2. The standard InChI is InChI=1S/C9H9Cl2NO3/c10-6-1-5(3-12-4-8(13)14)9(15)7(11)2-6/h1-2,12,15H,3-4H2,(H,13,14).